The summed E-state index contributed by atoms with van der Waals surface area (Å²) in [5.74, 6) is -3.57. The molecule has 0 aliphatic rings. The second-order valence-corrected chi connectivity index (χ2v) is 5.29. The molecule has 0 radical (unpaired) electrons. The minimum Gasteiger partial charge on any atom is -0.262 e. The van der Waals surface area contributed by atoms with E-state index in [2.05, 4.69) is 20.9 Å². The summed E-state index contributed by atoms with van der Waals surface area (Å²) in [6.45, 7) is 1.56. The van der Waals surface area contributed by atoms with Crippen molar-refractivity contribution < 1.29 is 17.2 Å². The second-order valence-electron chi connectivity index (χ2n) is 2.73. The maximum atomic E-state index is 12.0. The summed E-state index contributed by atoms with van der Waals surface area (Å²) >= 11 is 3.12. The highest BCUT2D eigenvalue weighted by atomic mass is 79.9. The number of hydrogen-bond donors (Lipinski definition) is 1. The fraction of sp³-hybridized carbons (Fsp3) is 0.286. The third-order valence-corrected chi connectivity index (χ3v) is 2.90. The first-order chi connectivity index (χ1) is 6.83. The molecule has 0 saturated carbocycles. The Balaban J connectivity index is 3.01. The summed E-state index contributed by atoms with van der Waals surface area (Å²) < 4.78 is 48.0. The smallest absolute Gasteiger partial charge is 0.262 e. The zero-order valence-electron chi connectivity index (χ0n) is 7.54. The fourth-order valence-electron chi connectivity index (χ4n) is 0.827. The van der Waals surface area contributed by atoms with Crippen LogP contribution in [0.4, 0.5) is 14.6 Å². The largest absolute Gasteiger partial charge is 0.355 e. The number of nitrogens with zero attached hydrogens (tertiary/aromatic N) is 1. The van der Waals surface area contributed by atoms with Gasteiger partial charge in [0, 0.05) is 10.7 Å². The molecule has 0 bridgehead atoms. The highest BCUT2D eigenvalue weighted by molar-refractivity contribution is 9.10. The molecule has 8 heteroatoms. The van der Waals surface area contributed by atoms with Crippen molar-refractivity contribution in [3.8, 4) is 0 Å². The van der Waals surface area contributed by atoms with Gasteiger partial charge in [-0.3, -0.25) is 4.72 Å². The molecule has 1 aromatic rings. The molecule has 1 N–H and O–H groups in total. The molecule has 0 unspecified atom stereocenters. The molecular formula is C7H7BrF2N2O2S. The lowest BCUT2D eigenvalue weighted by Crippen LogP contribution is -2.21. The van der Waals surface area contributed by atoms with Gasteiger partial charge in [0.1, 0.15) is 5.82 Å². The summed E-state index contributed by atoms with van der Waals surface area (Å²) in [6, 6.07) is 1.57. The predicted octanol–water partition coefficient (Wildman–Crippen LogP) is 2.12. The van der Waals surface area contributed by atoms with Crippen LogP contribution in [0.25, 0.3) is 0 Å². The molecule has 0 saturated heterocycles. The van der Waals surface area contributed by atoms with E-state index in [1.165, 1.54) is 6.20 Å². The Bertz CT molecular complexity index is 464. The van der Waals surface area contributed by atoms with Gasteiger partial charge in [0.05, 0.1) is 0 Å². The number of rotatable bonds is 3. The SMILES string of the molecule is Cc1cc(Br)cnc1NS(=O)(=O)C(F)F. The quantitative estimate of drug-likeness (QED) is 0.930. The molecule has 15 heavy (non-hydrogen) atoms. The lowest BCUT2D eigenvalue weighted by atomic mass is 10.3. The van der Waals surface area contributed by atoms with E-state index >= 15 is 0 Å². The van der Waals surface area contributed by atoms with Crippen LogP contribution in [0.1, 0.15) is 5.56 Å². The molecule has 1 heterocycles. The van der Waals surface area contributed by atoms with Crippen molar-refractivity contribution in [3.05, 3.63) is 22.3 Å². The molecule has 0 atom stereocenters. The van der Waals surface area contributed by atoms with Gasteiger partial charge >= 0.3 is 5.76 Å². The third-order valence-electron chi connectivity index (χ3n) is 1.52. The van der Waals surface area contributed by atoms with Crippen LogP contribution in [-0.4, -0.2) is 19.2 Å². The number of alkyl halides is 2. The molecule has 0 spiro atoms. The predicted molar refractivity (Wildman–Crippen MR) is 55.2 cm³/mol. The Labute approximate surface area is 93.9 Å². The van der Waals surface area contributed by atoms with Crippen LogP contribution in [0, 0.1) is 6.92 Å². The Kier molecular flexibility index (Phi) is 3.61. The van der Waals surface area contributed by atoms with Crippen molar-refractivity contribution in [2.45, 2.75) is 12.7 Å². The molecular weight excluding hydrogens is 294 g/mol. The van der Waals surface area contributed by atoms with Crippen LogP contribution in [0.2, 0.25) is 0 Å². The average molecular weight is 301 g/mol. The topological polar surface area (TPSA) is 59.1 Å². The number of aromatic nitrogens is 1. The summed E-state index contributed by atoms with van der Waals surface area (Å²) in [5, 5.41) is 0. The number of pyridine rings is 1. The Hall–Kier alpha value is -0.760. The van der Waals surface area contributed by atoms with Gasteiger partial charge in [-0.05, 0) is 34.5 Å². The second kappa shape index (κ2) is 4.40. The zero-order valence-corrected chi connectivity index (χ0v) is 9.94. The van der Waals surface area contributed by atoms with Gasteiger partial charge in [-0.15, -0.1) is 0 Å². The van der Waals surface area contributed by atoms with E-state index in [0.29, 0.717) is 10.0 Å². The van der Waals surface area contributed by atoms with Gasteiger partial charge in [-0.25, -0.2) is 13.4 Å². The summed E-state index contributed by atoms with van der Waals surface area (Å²) in [5.41, 5.74) is 0.452. The van der Waals surface area contributed by atoms with Crippen molar-refractivity contribution in [3.63, 3.8) is 0 Å². The van der Waals surface area contributed by atoms with Crippen molar-refractivity contribution in [1.29, 1.82) is 0 Å². The monoisotopic (exact) mass is 300 g/mol. The van der Waals surface area contributed by atoms with Crippen LogP contribution in [0.5, 0.6) is 0 Å². The first-order valence-electron chi connectivity index (χ1n) is 3.75. The van der Waals surface area contributed by atoms with Gasteiger partial charge in [0.2, 0.25) is 0 Å². The van der Waals surface area contributed by atoms with Crippen molar-refractivity contribution in [2.24, 2.45) is 0 Å². The van der Waals surface area contributed by atoms with Crippen LogP contribution < -0.4 is 4.72 Å². The summed E-state index contributed by atoms with van der Waals surface area (Å²) in [7, 11) is -4.65. The van der Waals surface area contributed by atoms with E-state index in [9.17, 15) is 17.2 Å². The van der Waals surface area contributed by atoms with E-state index < -0.39 is 15.8 Å². The Morgan fingerprint density at radius 2 is 2.13 bits per heavy atom. The molecule has 0 aromatic carbocycles. The maximum absolute atomic E-state index is 12.0. The van der Waals surface area contributed by atoms with Gasteiger partial charge in [-0.1, -0.05) is 0 Å². The maximum Gasteiger partial charge on any atom is 0.355 e. The fourth-order valence-corrected chi connectivity index (χ4v) is 1.84. The molecule has 0 amide bonds. The zero-order chi connectivity index (χ0) is 11.6. The number of nitrogens with one attached hydrogen (secondary N) is 1. The summed E-state index contributed by atoms with van der Waals surface area (Å²) in [6.07, 6.45) is 1.32. The Morgan fingerprint density at radius 3 is 2.60 bits per heavy atom. The molecule has 1 aromatic heterocycles. The lowest BCUT2D eigenvalue weighted by Gasteiger charge is -2.08. The van der Waals surface area contributed by atoms with Crippen LogP contribution in [-0.2, 0) is 10.0 Å². The molecule has 84 valence electrons. The van der Waals surface area contributed by atoms with Gasteiger partial charge in [0.15, 0.2) is 0 Å². The van der Waals surface area contributed by atoms with Crippen LogP contribution in [0.15, 0.2) is 16.7 Å². The molecule has 4 nitrogen and oxygen atoms in total. The number of anilines is 1. The van der Waals surface area contributed by atoms with Gasteiger partial charge in [-0.2, -0.15) is 8.78 Å². The van der Waals surface area contributed by atoms with Crippen molar-refractivity contribution >= 4 is 31.8 Å². The molecule has 0 fully saturated rings. The number of aryl methyl sites for hydroxylation is 1. The highest BCUT2D eigenvalue weighted by Gasteiger charge is 2.24. The van der Waals surface area contributed by atoms with Crippen molar-refractivity contribution in [2.75, 3.05) is 4.72 Å². The van der Waals surface area contributed by atoms with E-state index in [1.54, 1.807) is 17.7 Å². The lowest BCUT2D eigenvalue weighted by molar-refractivity contribution is 0.236. The molecule has 0 aliphatic carbocycles. The number of hydrogen-bond acceptors (Lipinski definition) is 3. The van der Waals surface area contributed by atoms with E-state index in [1.807, 2.05) is 0 Å². The van der Waals surface area contributed by atoms with Gasteiger partial charge < -0.3 is 0 Å². The Morgan fingerprint density at radius 1 is 1.53 bits per heavy atom. The minimum absolute atomic E-state index is 0.0986. The van der Waals surface area contributed by atoms with Crippen LogP contribution >= 0.6 is 15.9 Å². The standard InChI is InChI=1S/C7H7BrF2N2O2S/c1-4-2-5(8)3-11-6(4)12-15(13,14)7(9)10/h2-3,7H,1H3,(H,11,12). The van der Waals surface area contributed by atoms with E-state index in [0.717, 1.165) is 0 Å². The van der Waals surface area contributed by atoms with E-state index in [-0.39, 0.29) is 5.82 Å². The molecule has 1 rings (SSSR count). The van der Waals surface area contributed by atoms with E-state index in [4.69, 9.17) is 0 Å². The number of halogens is 3. The first-order valence-corrected chi connectivity index (χ1v) is 6.09. The molecule has 0 aliphatic heterocycles. The minimum atomic E-state index is -4.65. The van der Waals surface area contributed by atoms with Crippen LogP contribution in [0.3, 0.4) is 0 Å². The summed E-state index contributed by atoms with van der Waals surface area (Å²) in [4.78, 5) is 3.67. The average Bonchev–Trinajstić information content (AvgIpc) is 2.09. The highest BCUT2D eigenvalue weighted by Crippen LogP contribution is 2.19. The number of sulfonamides is 1. The first kappa shape index (κ1) is 12.3. The normalized spacial score (nSPS) is 11.8. The van der Waals surface area contributed by atoms with Crippen molar-refractivity contribution in [1.82, 2.24) is 4.98 Å². The third kappa shape index (κ3) is 3.10. The van der Waals surface area contributed by atoms with Gasteiger partial charge in [0.25, 0.3) is 10.0 Å².